The summed E-state index contributed by atoms with van der Waals surface area (Å²) in [5.74, 6) is 0.668. The van der Waals surface area contributed by atoms with E-state index in [1.54, 1.807) is 0 Å². The van der Waals surface area contributed by atoms with Gasteiger partial charge < -0.3 is 20.4 Å². The maximum Gasteiger partial charge on any atom is 0.106 e. The average Bonchev–Trinajstić information content (AvgIpc) is 3.03. The monoisotopic (exact) mass is 358 g/mol. The molecule has 5 heteroatoms. The standard InChI is InChI=1S/C20H27ClN4/c1-13-19-11-22-20(14-7-5-4-6-8-14)25(19)18-10-16(21)15(12-24(2)3)9-17(18)23-13/h9-11,14,20,22-23H,1,4-8,12H2,2-3H3. The second-order valence-corrected chi connectivity index (χ2v) is 8.12. The molecule has 0 bridgehead atoms. The summed E-state index contributed by atoms with van der Waals surface area (Å²) < 4.78 is 0. The van der Waals surface area contributed by atoms with E-state index in [1.165, 1.54) is 32.1 Å². The molecule has 1 aromatic carbocycles. The van der Waals surface area contributed by atoms with Crippen molar-refractivity contribution < 1.29 is 0 Å². The van der Waals surface area contributed by atoms with E-state index in [0.29, 0.717) is 12.1 Å². The summed E-state index contributed by atoms with van der Waals surface area (Å²) in [6.07, 6.45) is 9.03. The van der Waals surface area contributed by atoms with Crippen LogP contribution in [0.2, 0.25) is 5.02 Å². The molecule has 134 valence electrons. The molecule has 1 atom stereocenters. The van der Waals surface area contributed by atoms with Crippen molar-refractivity contribution in [3.05, 3.63) is 46.9 Å². The normalized spacial score (nSPS) is 23.0. The molecule has 0 spiro atoms. The van der Waals surface area contributed by atoms with E-state index >= 15 is 0 Å². The Balaban J connectivity index is 1.71. The molecule has 0 aromatic heterocycles. The van der Waals surface area contributed by atoms with Crippen LogP contribution in [0.3, 0.4) is 0 Å². The van der Waals surface area contributed by atoms with Crippen LogP contribution in [-0.4, -0.2) is 25.2 Å². The molecule has 25 heavy (non-hydrogen) atoms. The first-order valence-electron chi connectivity index (χ1n) is 9.23. The third kappa shape index (κ3) is 3.02. The van der Waals surface area contributed by atoms with Crippen molar-refractivity contribution in [1.29, 1.82) is 0 Å². The molecule has 3 aliphatic rings. The van der Waals surface area contributed by atoms with Gasteiger partial charge >= 0.3 is 0 Å². The molecule has 1 aromatic rings. The van der Waals surface area contributed by atoms with Gasteiger partial charge in [0.2, 0.25) is 0 Å². The fraction of sp³-hybridized carbons (Fsp3) is 0.500. The van der Waals surface area contributed by atoms with Gasteiger partial charge in [0.15, 0.2) is 0 Å². The Morgan fingerprint density at radius 2 is 2.00 bits per heavy atom. The lowest BCUT2D eigenvalue weighted by atomic mass is 9.86. The first-order chi connectivity index (χ1) is 12.0. The van der Waals surface area contributed by atoms with E-state index in [-0.39, 0.29) is 0 Å². The highest BCUT2D eigenvalue weighted by Crippen LogP contribution is 2.45. The summed E-state index contributed by atoms with van der Waals surface area (Å²) in [5.41, 5.74) is 5.50. The molecule has 0 amide bonds. The third-order valence-electron chi connectivity index (χ3n) is 5.53. The summed E-state index contributed by atoms with van der Waals surface area (Å²) in [4.78, 5) is 4.55. The second-order valence-electron chi connectivity index (χ2n) is 7.71. The van der Waals surface area contributed by atoms with Gasteiger partial charge in [-0.25, -0.2) is 0 Å². The van der Waals surface area contributed by atoms with Crippen molar-refractivity contribution in [3.63, 3.8) is 0 Å². The van der Waals surface area contributed by atoms with E-state index in [1.807, 2.05) is 0 Å². The van der Waals surface area contributed by atoms with Crippen molar-refractivity contribution in [2.24, 2.45) is 5.92 Å². The summed E-state index contributed by atoms with van der Waals surface area (Å²) in [6.45, 7) is 5.07. The number of halogens is 1. The Morgan fingerprint density at radius 3 is 2.72 bits per heavy atom. The van der Waals surface area contributed by atoms with Gasteiger partial charge in [-0.2, -0.15) is 0 Å². The topological polar surface area (TPSA) is 30.5 Å². The highest BCUT2D eigenvalue weighted by Gasteiger charge is 2.38. The van der Waals surface area contributed by atoms with Gasteiger partial charge in [0.1, 0.15) is 6.17 Å². The summed E-state index contributed by atoms with van der Waals surface area (Å²) in [7, 11) is 4.12. The van der Waals surface area contributed by atoms with E-state index in [9.17, 15) is 0 Å². The van der Waals surface area contributed by atoms with Crippen LogP contribution in [0.15, 0.2) is 36.3 Å². The van der Waals surface area contributed by atoms with Crippen molar-refractivity contribution >= 4 is 23.0 Å². The Kier molecular flexibility index (Phi) is 4.42. The highest BCUT2D eigenvalue weighted by atomic mass is 35.5. The zero-order chi connectivity index (χ0) is 17.6. The number of nitrogens with one attached hydrogen (secondary N) is 2. The molecule has 1 aliphatic carbocycles. The van der Waals surface area contributed by atoms with Gasteiger partial charge in [-0.3, -0.25) is 0 Å². The molecular weight excluding hydrogens is 332 g/mol. The molecule has 1 fully saturated rings. The van der Waals surface area contributed by atoms with Gasteiger partial charge in [0.25, 0.3) is 0 Å². The van der Waals surface area contributed by atoms with Crippen LogP contribution in [0.1, 0.15) is 37.7 Å². The Bertz CT molecular complexity index is 719. The summed E-state index contributed by atoms with van der Waals surface area (Å²) >= 11 is 6.62. The predicted molar refractivity (Wildman–Crippen MR) is 106 cm³/mol. The fourth-order valence-electron chi connectivity index (χ4n) is 4.36. The smallest absolute Gasteiger partial charge is 0.106 e. The quantitative estimate of drug-likeness (QED) is 0.832. The number of hydrogen-bond acceptors (Lipinski definition) is 4. The van der Waals surface area contributed by atoms with Crippen LogP contribution in [0.5, 0.6) is 0 Å². The highest BCUT2D eigenvalue weighted by molar-refractivity contribution is 6.32. The van der Waals surface area contributed by atoms with Crippen molar-refractivity contribution in [1.82, 2.24) is 10.2 Å². The number of hydrogen-bond donors (Lipinski definition) is 2. The average molecular weight is 359 g/mol. The lowest BCUT2D eigenvalue weighted by molar-refractivity contribution is 0.291. The van der Waals surface area contributed by atoms with Crippen molar-refractivity contribution in [2.45, 2.75) is 44.8 Å². The van der Waals surface area contributed by atoms with Crippen LogP contribution in [0.25, 0.3) is 0 Å². The molecule has 1 saturated carbocycles. The molecule has 4 rings (SSSR count). The Morgan fingerprint density at radius 1 is 1.24 bits per heavy atom. The fourth-order valence-corrected chi connectivity index (χ4v) is 4.58. The zero-order valence-corrected chi connectivity index (χ0v) is 15.9. The summed E-state index contributed by atoms with van der Waals surface area (Å²) in [5, 5.41) is 7.92. The number of rotatable bonds is 3. The number of benzene rings is 1. The molecule has 2 heterocycles. The van der Waals surface area contributed by atoms with Crippen LogP contribution < -0.4 is 15.5 Å². The first-order valence-corrected chi connectivity index (χ1v) is 9.61. The first kappa shape index (κ1) is 16.8. The van der Waals surface area contributed by atoms with Gasteiger partial charge in [-0.1, -0.05) is 37.4 Å². The van der Waals surface area contributed by atoms with Crippen LogP contribution in [0, 0.1) is 5.92 Å². The zero-order valence-electron chi connectivity index (χ0n) is 15.1. The molecule has 0 radical (unpaired) electrons. The molecule has 2 N–H and O–H groups in total. The molecule has 1 unspecified atom stereocenters. The SMILES string of the molecule is C=C1Nc2cc(CN(C)C)c(Cl)cc2N2C1=CNC2C1CCCCC1. The van der Waals surface area contributed by atoms with Gasteiger partial charge in [-0.05, 0) is 50.6 Å². The second kappa shape index (κ2) is 6.58. The number of nitrogens with zero attached hydrogens (tertiary/aromatic N) is 2. The minimum atomic E-state index is 0.309. The lowest BCUT2D eigenvalue weighted by Crippen LogP contribution is -2.45. The van der Waals surface area contributed by atoms with Gasteiger partial charge in [-0.15, -0.1) is 0 Å². The maximum atomic E-state index is 6.62. The minimum Gasteiger partial charge on any atom is -0.369 e. The molecule has 2 aliphatic heterocycles. The largest absolute Gasteiger partial charge is 0.369 e. The van der Waals surface area contributed by atoms with Crippen molar-refractivity contribution in [2.75, 3.05) is 24.3 Å². The van der Waals surface area contributed by atoms with Gasteiger partial charge in [0.05, 0.1) is 22.8 Å². The van der Waals surface area contributed by atoms with Gasteiger partial charge in [0, 0.05) is 17.8 Å². The minimum absolute atomic E-state index is 0.309. The van der Waals surface area contributed by atoms with E-state index < -0.39 is 0 Å². The molecular formula is C20H27ClN4. The predicted octanol–water partition coefficient (Wildman–Crippen LogP) is 4.50. The summed E-state index contributed by atoms with van der Waals surface area (Å²) in [6, 6.07) is 4.29. The number of anilines is 2. The molecule has 0 saturated heterocycles. The van der Waals surface area contributed by atoms with E-state index in [2.05, 4.69) is 59.4 Å². The van der Waals surface area contributed by atoms with Crippen LogP contribution in [-0.2, 0) is 6.54 Å². The number of fused-ring (bicyclic) bond motifs is 3. The molecule has 4 nitrogen and oxygen atoms in total. The van der Waals surface area contributed by atoms with Crippen LogP contribution in [0.4, 0.5) is 11.4 Å². The van der Waals surface area contributed by atoms with E-state index in [0.717, 1.165) is 39.9 Å². The lowest BCUT2D eigenvalue weighted by Gasteiger charge is -2.40. The maximum absolute atomic E-state index is 6.62. The third-order valence-corrected chi connectivity index (χ3v) is 5.88. The van der Waals surface area contributed by atoms with E-state index in [4.69, 9.17) is 11.6 Å². The Labute approximate surface area is 155 Å². The van der Waals surface area contributed by atoms with Crippen LogP contribution >= 0.6 is 11.6 Å². The Hall–Kier alpha value is -1.65. The van der Waals surface area contributed by atoms with Crippen molar-refractivity contribution in [3.8, 4) is 0 Å².